The van der Waals surface area contributed by atoms with Crippen molar-refractivity contribution in [2.75, 3.05) is 27.7 Å². The molecule has 6 heteroatoms. The van der Waals surface area contributed by atoms with E-state index < -0.39 is 12.4 Å². The first kappa shape index (κ1) is 23.0. The van der Waals surface area contributed by atoms with E-state index in [-0.39, 0.29) is 48.3 Å². The molecule has 2 fully saturated rings. The van der Waals surface area contributed by atoms with E-state index in [1.165, 1.54) is 5.56 Å². The van der Waals surface area contributed by atoms with Crippen LogP contribution in [0.25, 0.3) is 0 Å². The molecule has 27 heavy (non-hydrogen) atoms. The lowest BCUT2D eigenvalue weighted by molar-refractivity contribution is -0.910. The van der Waals surface area contributed by atoms with Gasteiger partial charge in [0, 0.05) is 6.61 Å². The smallest absolute Gasteiger partial charge is 0.213 e. The molecule has 3 rings (SSSR count). The average molecular weight is 491 g/mol. The first-order valence-corrected chi connectivity index (χ1v) is 9.88. The molecular formula is C21H34INO4. The van der Waals surface area contributed by atoms with Crippen LogP contribution in [0.5, 0.6) is 0 Å². The standard InChI is InChI=1S/C21H34NO4.HI/c1-5-6-14-24-21-18(22(2,3)4)19(23)20-17(26-21)13-12-16(25-20)15-10-8-7-9-11-15;/h7-11,16-21,23H,5-6,12-14H2,1-4H3;1H/q+1;/p-1/t16?,17?,18?,19?,20-,21?;/m1./s1. The lowest BCUT2D eigenvalue weighted by atomic mass is 9.88. The van der Waals surface area contributed by atoms with Crippen molar-refractivity contribution in [1.82, 2.24) is 0 Å². The molecule has 5 unspecified atom stereocenters. The van der Waals surface area contributed by atoms with Crippen molar-refractivity contribution < 1.29 is 47.8 Å². The summed E-state index contributed by atoms with van der Waals surface area (Å²) in [5, 5.41) is 11.2. The third-order valence-electron chi connectivity index (χ3n) is 5.52. The van der Waals surface area contributed by atoms with Crippen LogP contribution in [-0.4, -0.2) is 68.0 Å². The number of hydrogen-bond acceptors (Lipinski definition) is 4. The van der Waals surface area contributed by atoms with Crippen LogP contribution in [0.2, 0.25) is 0 Å². The third-order valence-corrected chi connectivity index (χ3v) is 5.52. The van der Waals surface area contributed by atoms with Gasteiger partial charge in [0.15, 0.2) is 6.04 Å². The number of unbranched alkanes of at least 4 members (excludes halogenated alkanes) is 1. The van der Waals surface area contributed by atoms with E-state index >= 15 is 0 Å². The number of fused-ring (bicyclic) bond motifs is 1. The van der Waals surface area contributed by atoms with Gasteiger partial charge in [0.05, 0.1) is 33.4 Å². The highest BCUT2D eigenvalue weighted by Crippen LogP contribution is 2.39. The topological polar surface area (TPSA) is 47.9 Å². The minimum absolute atomic E-state index is 0. The minimum atomic E-state index is -0.619. The lowest BCUT2D eigenvalue weighted by Crippen LogP contribution is -3.00. The van der Waals surface area contributed by atoms with Gasteiger partial charge >= 0.3 is 0 Å². The molecule has 0 spiro atoms. The highest BCUT2D eigenvalue weighted by Gasteiger charge is 2.54. The molecule has 5 nitrogen and oxygen atoms in total. The Morgan fingerprint density at radius 1 is 1.11 bits per heavy atom. The van der Waals surface area contributed by atoms with Crippen LogP contribution in [-0.2, 0) is 14.2 Å². The quantitative estimate of drug-likeness (QED) is 0.343. The third kappa shape index (κ3) is 5.42. The molecule has 0 aliphatic carbocycles. The van der Waals surface area contributed by atoms with Gasteiger partial charge in [0.25, 0.3) is 0 Å². The molecule has 154 valence electrons. The molecule has 0 bridgehead atoms. The van der Waals surface area contributed by atoms with Crippen LogP contribution in [0.15, 0.2) is 30.3 Å². The number of halogens is 1. The predicted octanol–water partition coefficient (Wildman–Crippen LogP) is -0.112. The van der Waals surface area contributed by atoms with Crippen molar-refractivity contribution in [3.63, 3.8) is 0 Å². The molecule has 1 N–H and O–H groups in total. The summed E-state index contributed by atoms with van der Waals surface area (Å²) >= 11 is 0. The number of ether oxygens (including phenoxy) is 3. The van der Waals surface area contributed by atoms with Gasteiger partial charge in [-0.05, 0) is 24.8 Å². The van der Waals surface area contributed by atoms with E-state index in [9.17, 15) is 5.11 Å². The highest BCUT2D eigenvalue weighted by molar-refractivity contribution is 5.18. The maximum Gasteiger partial charge on any atom is 0.213 e. The highest BCUT2D eigenvalue weighted by atomic mass is 127. The fraction of sp³-hybridized carbons (Fsp3) is 0.714. The molecule has 1 aromatic rings. The Morgan fingerprint density at radius 3 is 2.44 bits per heavy atom. The van der Waals surface area contributed by atoms with Gasteiger partial charge in [0.2, 0.25) is 6.29 Å². The number of nitrogens with zero attached hydrogens (tertiary/aromatic N) is 1. The van der Waals surface area contributed by atoms with E-state index in [0.29, 0.717) is 11.1 Å². The molecule has 0 aromatic heterocycles. The second kappa shape index (κ2) is 9.98. The fourth-order valence-electron chi connectivity index (χ4n) is 4.10. The molecule has 2 aliphatic rings. The number of quaternary nitrogens is 1. The van der Waals surface area contributed by atoms with Gasteiger partial charge < -0.3 is 47.8 Å². The van der Waals surface area contributed by atoms with Crippen LogP contribution in [0, 0.1) is 0 Å². The molecule has 0 radical (unpaired) electrons. The maximum atomic E-state index is 11.2. The zero-order valence-electron chi connectivity index (χ0n) is 16.9. The van der Waals surface area contributed by atoms with E-state index in [1.807, 2.05) is 18.2 Å². The normalized spacial score (nSPS) is 33.8. The summed E-state index contributed by atoms with van der Waals surface area (Å²) in [5.74, 6) is 0. The van der Waals surface area contributed by atoms with Crippen molar-refractivity contribution >= 4 is 0 Å². The zero-order valence-corrected chi connectivity index (χ0v) is 19.0. The Morgan fingerprint density at radius 2 is 1.81 bits per heavy atom. The molecule has 6 atom stereocenters. The molecule has 0 amide bonds. The minimum Gasteiger partial charge on any atom is -1.00 e. The molecule has 2 saturated heterocycles. The van der Waals surface area contributed by atoms with Crippen LogP contribution < -0.4 is 24.0 Å². The summed E-state index contributed by atoms with van der Waals surface area (Å²) < 4.78 is 19.3. The SMILES string of the molecule is CCCCOC1OC2CCC(c3ccccc3)O[C@H]2C(O)C1[N+](C)(C)C.[I-]. The Kier molecular flexibility index (Phi) is 8.52. The van der Waals surface area contributed by atoms with Crippen molar-refractivity contribution in [1.29, 1.82) is 0 Å². The van der Waals surface area contributed by atoms with Gasteiger partial charge in [-0.2, -0.15) is 0 Å². The van der Waals surface area contributed by atoms with Gasteiger partial charge in [-0.1, -0.05) is 43.7 Å². The summed E-state index contributed by atoms with van der Waals surface area (Å²) in [5.41, 5.74) is 1.17. The Balaban J connectivity index is 0.00000261. The van der Waals surface area contributed by atoms with Crippen molar-refractivity contribution in [2.45, 2.75) is 69.4 Å². The van der Waals surface area contributed by atoms with Crippen LogP contribution >= 0.6 is 0 Å². The van der Waals surface area contributed by atoms with Crippen LogP contribution in [0.3, 0.4) is 0 Å². The number of aliphatic hydroxyl groups is 1. The van der Waals surface area contributed by atoms with Gasteiger partial charge in [-0.25, -0.2) is 0 Å². The van der Waals surface area contributed by atoms with Crippen molar-refractivity contribution in [2.24, 2.45) is 0 Å². The zero-order chi connectivity index (χ0) is 18.7. The van der Waals surface area contributed by atoms with Gasteiger partial charge in [0.1, 0.15) is 12.2 Å². The second-order valence-electron chi connectivity index (χ2n) is 8.44. The molecular weight excluding hydrogens is 457 g/mol. The number of hydrogen-bond donors (Lipinski definition) is 1. The first-order chi connectivity index (χ1) is 12.4. The summed E-state index contributed by atoms with van der Waals surface area (Å²) in [6.45, 7) is 2.81. The second-order valence-corrected chi connectivity index (χ2v) is 8.44. The largest absolute Gasteiger partial charge is 1.00 e. The molecule has 2 heterocycles. The van der Waals surface area contributed by atoms with Crippen molar-refractivity contribution in [3.8, 4) is 0 Å². The number of rotatable bonds is 6. The van der Waals surface area contributed by atoms with Gasteiger partial charge in [-0.15, -0.1) is 0 Å². The fourth-order valence-corrected chi connectivity index (χ4v) is 4.10. The monoisotopic (exact) mass is 491 g/mol. The summed E-state index contributed by atoms with van der Waals surface area (Å²) in [6, 6.07) is 10.1. The molecule has 0 saturated carbocycles. The van der Waals surface area contributed by atoms with E-state index in [2.05, 4.69) is 40.2 Å². The number of benzene rings is 1. The predicted molar refractivity (Wildman–Crippen MR) is 101 cm³/mol. The van der Waals surface area contributed by atoms with E-state index in [1.54, 1.807) is 0 Å². The number of likely N-dealkylation sites (N-methyl/N-ethyl adjacent to an activating group) is 1. The van der Waals surface area contributed by atoms with Crippen LogP contribution in [0.1, 0.15) is 44.3 Å². The lowest BCUT2D eigenvalue weighted by Gasteiger charge is -2.51. The van der Waals surface area contributed by atoms with Crippen molar-refractivity contribution in [3.05, 3.63) is 35.9 Å². The molecule has 2 aliphatic heterocycles. The Bertz CT molecular complexity index is 565. The average Bonchev–Trinajstić information content (AvgIpc) is 2.61. The summed E-state index contributed by atoms with van der Waals surface area (Å²) in [6.07, 6.45) is 2.43. The Labute approximate surface area is 180 Å². The number of aliphatic hydroxyl groups excluding tert-OH is 1. The van der Waals surface area contributed by atoms with E-state index in [0.717, 1.165) is 25.7 Å². The maximum absolute atomic E-state index is 11.2. The summed E-state index contributed by atoms with van der Waals surface area (Å²) in [4.78, 5) is 0. The Hall–Kier alpha value is -0.250. The van der Waals surface area contributed by atoms with Crippen LogP contribution in [0.4, 0.5) is 0 Å². The molecule has 1 aromatic carbocycles. The van der Waals surface area contributed by atoms with E-state index in [4.69, 9.17) is 14.2 Å². The summed E-state index contributed by atoms with van der Waals surface area (Å²) in [7, 11) is 6.22. The van der Waals surface area contributed by atoms with Gasteiger partial charge in [-0.3, -0.25) is 0 Å². The first-order valence-electron chi connectivity index (χ1n) is 9.88.